The average Bonchev–Trinajstić information content (AvgIpc) is 3.38. The third-order valence-electron chi connectivity index (χ3n) is 4.51. The molecule has 0 saturated heterocycles. The second-order valence-corrected chi connectivity index (χ2v) is 7.27. The number of hydrogen-bond donors (Lipinski definition) is 1. The molecular formula is C21H17ClN6O3. The molecule has 1 amide bonds. The van der Waals surface area contributed by atoms with Gasteiger partial charge >= 0.3 is 5.69 Å². The van der Waals surface area contributed by atoms with Crippen molar-refractivity contribution in [3.8, 4) is 0 Å². The van der Waals surface area contributed by atoms with E-state index in [1.54, 1.807) is 41.2 Å². The van der Waals surface area contributed by atoms with Gasteiger partial charge in [-0.3, -0.25) is 24.3 Å². The lowest BCUT2D eigenvalue weighted by atomic mass is 10.1. The standard InChI is InChI=1S/C21H17ClN6O3/c22-18-3-1-2-16(10-18)13-26-9-8-20(25-26)24-21(29)17-6-4-15(5-7-17)12-27-14-19(11-23-27)28(30)31/h1-11,14H,12-13H2,(H,24,25,29). The molecule has 0 unspecified atom stereocenters. The van der Waals surface area contributed by atoms with E-state index in [4.69, 9.17) is 11.6 Å². The van der Waals surface area contributed by atoms with Crippen LogP contribution in [0, 0.1) is 10.1 Å². The molecule has 0 fully saturated rings. The number of anilines is 1. The molecule has 0 saturated carbocycles. The van der Waals surface area contributed by atoms with Crippen LogP contribution in [-0.4, -0.2) is 30.4 Å². The third-order valence-corrected chi connectivity index (χ3v) is 4.74. The highest BCUT2D eigenvalue weighted by molar-refractivity contribution is 6.30. The van der Waals surface area contributed by atoms with E-state index < -0.39 is 4.92 Å². The van der Waals surface area contributed by atoms with E-state index in [0.717, 1.165) is 11.1 Å². The highest BCUT2D eigenvalue weighted by Crippen LogP contribution is 2.14. The van der Waals surface area contributed by atoms with E-state index in [9.17, 15) is 14.9 Å². The number of nitro groups is 1. The van der Waals surface area contributed by atoms with Gasteiger partial charge in [0, 0.05) is 22.8 Å². The van der Waals surface area contributed by atoms with E-state index in [1.165, 1.54) is 17.1 Å². The Morgan fingerprint density at radius 3 is 2.55 bits per heavy atom. The van der Waals surface area contributed by atoms with Gasteiger partial charge in [-0.1, -0.05) is 35.9 Å². The van der Waals surface area contributed by atoms with Crippen LogP contribution in [0.25, 0.3) is 0 Å². The molecule has 2 aromatic heterocycles. The van der Waals surface area contributed by atoms with Gasteiger partial charge in [0.2, 0.25) is 0 Å². The Morgan fingerprint density at radius 2 is 1.84 bits per heavy atom. The molecular weight excluding hydrogens is 420 g/mol. The largest absolute Gasteiger partial charge is 0.307 e. The number of nitrogens with zero attached hydrogens (tertiary/aromatic N) is 5. The lowest BCUT2D eigenvalue weighted by Crippen LogP contribution is -2.13. The Labute approximate surface area is 182 Å². The lowest BCUT2D eigenvalue weighted by molar-refractivity contribution is -0.385. The summed E-state index contributed by atoms with van der Waals surface area (Å²) in [5.41, 5.74) is 2.28. The minimum atomic E-state index is -0.493. The number of aromatic nitrogens is 4. The fraction of sp³-hybridized carbons (Fsp3) is 0.0952. The van der Waals surface area contributed by atoms with Crippen molar-refractivity contribution in [2.24, 2.45) is 0 Å². The van der Waals surface area contributed by atoms with Gasteiger partial charge in [-0.2, -0.15) is 10.2 Å². The van der Waals surface area contributed by atoms with Crippen LogP contribution < -0.4 is 5.32 Å². The number of halogens is 1. The fourth-order valence-electron chi connectivity index (χ4n) is 3.01. The summed E-state index contributed by atoms with van der Waals surface area (Å²) in [6.07, 6.45) is 4.34. The van der Waals surface area contributed by atoms with Crippen molar-refractivity contribution in [3.63, 3.8) is 0 Å². The second-order valence-electron chi connectivity index (χ2n) is 6.83. The Kier molecular flexibility index (Phi) is 5.76. The molecule has 31 heavy (non-hydrogen) atoms. The first-order valence-corrected chi connectivity index (χ1v) is 9.69. The Bertz CT molecular complexity index is 1230. The predicted octanol–water partition coefficient (Wildman–Crippen LogP) is 3.99. The summed E-state index contributed by atoms with van der Waals surface area (Å²) in [5, 5.41) is 22.5. The zero-order chi connectivity index (χ0) is 21.8. The maximum atomic E-state index is 12.5. The highest BCUT2D eigenvalue weighted by atomic mass is 35.5. The van der Waals surface area contributed by atoms with Crippen LogP contribution in [0.15, 0.2) is 73.2 Å². The van der Waals surface area contributed by atoms with Gasteiger partial charge in [0.15, 0.2) is 5.82 Å². The lowest BCUT2D eigenvalue weighted by Gasteiger charge is -2.05. The first-order chi connectivity index (χ1) is 15.0. The Balaban J connectivity index is 1.36. The van der Waals surface area contributed by atoms with Gasteiger partial charge in [0.05, 0.1) is 18.0 Å². The quantitative estimate of drug-likeness (QED) is 0.348. The summed E-state index contributed by atoms with van der Waals surface area (Å²) in [6.45, 7) is 0.903. The molecule has 156 valence electrons. The second kappa shape index (κ2) is 8.80. The number of carbonyl (C=O) groups is 1. The molecule has 2 aromatic carbocycles. The van der Waals surface area contributed by atoms with Crippen LogP contribution in [0.2, 0.25) is 5.02 Å². The van der Waals surface area contributed by atoms with Gasteiger partial charge in [-0.15, -0.1) is 0 Å². The molecule has 10 heteroatoms. The maximum absolute atomic E-state index is 12.5. The first-order valence-electron chi connectivity index (χ1n) is 9.31. The smallest absolute Gasteiger partial charge is 0.305 e. The monoisotopic (exact) mass is 436 g/mol. The van der Waals surface area contributed by atoms with Crippen LogP contribution in [0.1, 0.15) is 21.5 Å². The van der Waals surface area contributed by atoms with Crippen LogP contribution in [-0.2, 0) is 13.1 Å². The van der Waals surface area contributed by atoms with Crippen molar-refractivity contribution >= 4 is 29.0 Å². The van der Waals surface area contributed by atoms with Gasteiger partial charge in [-0.25, -0.2) is 0 Å². The van der Waals surface area contributed by atoms with Crippen molar-refractivity contribution in [3.05, 3.63) is 105 Å². The van der Waals surface area contributed by atoms with Crippen LogP contribution in [0.4, 0.5) is 11.5 Å². The topological polar surface area (TPSA) is 108 Å². The number of rotatable bonds is 7. The van der Waals surface area contributed by atoms with E-state index >= 15 is 0 Å². The molecule has 0 aliphatic heterocycles. The van der Waals surface area contributed by atoms with Crippen molar-refractivity contribution in [1.82, 2.24) is 19.6 Å². The number of hydrogen-bond acceptors (Lipinski definition) is 5. The fourth-order valence-corrected chi connectivity index (χ4v) is 3.22. The summed E-state index contributed by atoms with van der Waals surface area (Å²) >= 11 is 6.00. The zero-order valence-corrected chi connectivity index (χ0v) is 16.9. The minimum Gasteiger partial charge on any atom is -0.305 e. The molecule has 0 spiro atoms. The van der Waals surface area contributed by atoms with Crippen LogP contribution in [0.3, 0.4) is 0 Å². The summed E-state index contributed by atoms with van der Waals surface area (Å²) in [5.74, 6) is 0.161. The summed E-state index contributed by atoms with van der Waals surface area (Å²) in [4.78, 5) is 22.7. The van der Waals surface area contributed by atoms with Gasteiger partial charge < -0.3 is 5.32 Å². The van der Waals surface area contributed by atoms with Gasteiger partial charge in [0.1, 0.15) is 12.4 Å². The molecule has 0 atom stereocenters. The number of nitrogens with one attached hydrogen (secondary N) is 1. The SMILES string of the molecule is O=C(Nc1ccn(Cc2cccc(Cl)c2)n1)c1ccc(Cn2cc([N+](=O)[O-])cn2)cc1. The van der Waals surface area contributed by atoms with E-state index in [-0.39, 0.29) is 11.6 Å². The molecule has 0 radical (unpaired) electrons. The highest BCUT2D eigenvalue weighted by Gasteiger charge is 2.11. The Hall–Kier alpha value is -3.98. The van der Waals surface area contributed by atoms with Crippen molar-refractivity contribution in [1.29, 1.82) is 0 Å². The molecule has 9 nitrogen and oxygen atoms in total. The molecule has 2 heterocycles. The molecule has 0 aliphatic rings. The number of amides is 1. The van der Waals surface area contributed by atoms with E-state index in [0.29, 0.717) is 29.5 Å². The van der Waals surface area contributed by atoms with E-state index in [1.807, 2.05) is 24.3 Å². The predicted molar refractivity (Wildman–Crippen MR) is 115 cm³/mol. The van der Waals surface area contributed by atoms with Crippen molar-refractivity contribution < 1.29 is 9.72 Å². The number of carbonyl (C=O) groups excluding carboxylic acids is 1. The van der Waals surface area contributed by atoms with Gasteiger partial charge in [0.25, 0.3) is 5.91 Å². The van der Waals surface area contributed by atoms with Crippen molar-refractivity contribution in [2.75, 3.05) is 5.32 Å². The summed E-state index contributed by atoms with van der Waals surface area (Å²) in [7, 11) is 0. The normalized spacial score (nSPS) is 10.7. The third kappa shape index (κ3) is 5.14. The van der Waals surface area contributed by atoms with Crippen LogP contribution >= 0.6 is 11.6 Å². The molecule has 1 N–H and O–H groups in total. The zero-order valence-electron chi connectivity index (χ0n) is 16.2. The Morgan fingerprint density at radius 1 is 1.06 bits per heavy atom. The van der Waals surface area contributed by atoms with Crippen LogP contribution in [0.5, 0.6) is 0 Å². The minimum absolute atomic E-state index is 0.0641. The van der Waals surface area contributed by atoms with Crippen molar-refractivity contribution in [2.45, 2.75) is 13.1 Å². The van der Waals surface area contributed by atoms with Gasteiger partial charge in [-0.05, 0) is 35.4 Å². The molecule has 0 aliphatic carbocycles. The number of benzene rings is 2. The van der Waals surface area contributed by atoms with E-state index in [2.05, 4.69) is 15.5 Å². The molecule has 0 bridgehead atoms. The average molecular weight is 437 g/mol. The molecule has 4 aromatic rings. The maximum Gasteiger partial charge on any atom is 0.307 e. The summed E-state index contributed by atoms with van der Waals surface area (Å²) < 4.78 is 3.19. The summed E-state index contributed by atoms with van der Waals surface area (Å²) in [6, 6.07) is 16.2. The molecule has 4 rings (SSSR count). The first kappa shape index (κ1) is 20.3.